The Kier molecular flexibility index (Phi) is 4.58. The van der Waals surface area contributed by atoms with E-state index in [1.54, 1.807) is 44.3 Å². The molecule has 6 heteroatoms. The smallest absolute Gasteiger partial charge is 0.180 e. The van der Waals surface area contributed by atoms with Gasteiger partial charge in [0.05, 0.1) is 27.7 Å². The molecule has 0 aliphatic heterocycles. The molecule has 5 nitrogen and oxygen atoms in total. The molecule has 1 aromatic carbocycles. The largest absolute Gasteiger partial charge is 0.382 e. The Balaban J connectivity index is 1.84. The molecule has 1 aliphatic rings. The number of nitrogen functional groups attached to an aromatic ring is 1. The van der Waals surface area contributed by atoms with Gasteiger partial charge in [-0.15, -0.1) is 0 Å². The first-order chi connectivity index (χ1) is 11.4. The van der Waals surface area contributed by atoms with Crippen molar-refractivity contribution in [1.82, 2.24) is 9.97 Å². The Morgan fingerprint density at radius 2 is 1.88 bits per heavy atom. The lowest BCUT2D eigenvalue weighted by atomic mass is 10.1. The molecule has 1 fully saturated rings. The maximum atomic E-state index is 12.2. The Labute approximate surface area is 143 Å². The van der Waals surface area contributed by atoms with Crippen LogP contribution in [0.15, 0.2) is 35.4 Å². The molecule has 128 valence electrons. The first-order valence-corrected chi connectivity index (χ1v) is 9.88. The average molecular weight is 345 g/mol. The van der Waals surface area contributed by atoms with E-state index in [0.717, 1.165) is 35.7 Å². The zero-order valence-electron chi connectivity index (χ0n) is 14.1. The molecule has 0 saturated heterocycles. The van der Waals surface area contributed by atoms with Gasteiger partial charge in [0.1, 0.15) is 5.82 Å². The highest BCUT2D eigenvalue weighted by Crippen LogP contribution is 2.34. The predicted octanol–water partition coefficient (Wildman–Crippen LogP) is 3.25. The summed E-state index contributed by atoms with van der Waals surface area (Å²) in [6, 6.07) is 6.82. The third-order valence-corrected chi connectivity index (χ3v) is 6.63. The van der Waals surface area contributed by atoms with Crippen molar-refractivity contribution in [3.05, 3.63) is 36.2 Å². The van der Waals surface area contributed by atoms with Crippen molar-refractivity contribution >= 4 is 15.7 Å². The van der Waals surface area contributed by atoms with Crippen LogP contribution in [-0.2, 0) is 16.3 Å². The number of hydrogen-bond acceptors (Lipinski definition) is 5. The fraction of sp³-hybridized carbons (Fsp3) is 0.444. The lowest BCUT2D eigenvalue weighted by molar-refractivity contribution is 0.587. The summed E-state index contributed by atoms with van der Waals surface area (Å²) in [6.07, 6.45) is 6.20. The van der Waals surface area contributed by atoms with Gasteiger partial charge in [-0.05, 0) is 44.7 Å². The summed E-state index contributed by atoms with van der Waals surface area (Å²) in [6.45, 7) is 3.36. The van der Waals surface area contributed by atoms with E-state index in [4.69, 9.17) is 5.73 Å². The van der Waals surface area contributed by atoms with Gasteiger partial charge in [0, 0.05) is 5.56 Å². The topological polar surface area (TPSA) is 85.9 Å². The number of benzene rings is 1. The zero-order chi connectivity index (χ0) is 17.3. The third-order valence-electron chi connectivity index (χ3n) is 4.46. The van der Waals surface area contributed by atoms with Gasteiger partial charge in [-0.1, -0.05) is 25.0 Å². The number of anilines is 1. The highest BCUT2D eigenvalue weighted by Gasteiger charge is 2.22. The molecule has 0 spiro atoms. The molecule has 1 aliphatic carbocycles. The van der Waals surface area contributed by atoms with Crippen molar-refractivity contribution < 1.29 is 8.42 Å². The van der Waals surface area contributed by atoms with E-state index in [2.05, 4.69) is 9.97 Å². The van der Waals surface area contributed by atoms with E-state index in [1.165, 1.54) is 12.8 Å². The van der Waals surface area contributed by atoms with Gasteiger partial charge in [-0.2, -0.15) is 0 Å². The second-order valence-electron chi connectivity index (χ2n) is 6.69. The van der Waals surface area contributed by atoms with Crippen molar-refractivity contribution in [2.45, 2.75) is 49.7 Å². The zero-order valence-corrected chi connectivity index (χ0v) is 14.9. The van der Waals surface area contributed by atoms with Crippen LogP contribution in [0, 0.1) is 5.92 Å². The molecule has 0 bridgehead atoms. The standard InChI is InChI=1S/C18H23N3O2S/c1-12(2)24(22,23)15-8-6-14(7-9-15)17-11-20-18(19)16(21-17)10-5-13-3-4-13/h6-9,11-13H,3-5,10H2,1-2H3,(H2,19,20). The molecular weight excluding hydrogens is 322 g/mol. The van der Waals surface area contributed by atoms with E-state index in [9.17, 15) is 8.42 Å². The van der Waals surface area contributed by atoms with Crippen LogP contribution in [-0.4, -0.2) is 23.6 Å². The molecule has 2 aromatic rings. The number of aryl methyl sites for hydroxylation is 1. The molecule has 0 radical (unpaired) electrons. The Hall–Kier alpha value is -1.95. The predicted molar refractivity (Wildman–Crippen MR) is 95.2 cm³/mol. The Morgan fingerprint density at radius 3 is 2.46 bits per heavy atom. The van der Waals surface area contributed by atoms with Crippen molar-refractivity contribution in [1.29, 1.82) is 0 Å². The maximum absolute atomic E-state index is 12.2. The number of aromatic nitrogens is 2. The first-order valence-electron chi connectivity index (χ1n) is 8.33. The summed E-state index contributed by atoms with van der Waals surface area (Å²) in [5, 5.41) is -0.436. The van der Waals surface area contributed by atoms with Gasteiger partial charge in [-0.3, -0.25) is 0 Å². The summed E-state index contributed by atoms with van der Waals surface area (Å²) in [4.78, 5) is 9.21. The van der Waals surface area contributed by atoms with Gasteiger partial charge in [-0.25, -0.2) is 18.4 Å². The van der Waals surface area contributed by atoms with Gasteiger partial charge in [0.2, 0.25) is 0 Å². The minimum atomic E-state index is -3.26. The summed E-state index contributed by atoms with van der Waals surface area (Å²) in [5.74, 6) is 1.30. The maximum Gasteiger partial charge on any atom is 0.180 e. The van der Waals surface area contributed by atoms with E-state index in [1.807, 2.05) is 0 Å². The molecule has 24 heavy (non-hydrogen) atoms. The summed E-state index contributed by atoms with van der Waals surface area (Å²) >= 11 is 0. The molecule has 1 aromatic heterocycles. The second-order valence-corrected chi connectivity index (χ2v) is 9.19. The highest BCUT2D eigenvalue weighted by atomic mass is 32.2. The number of hydrogen-bond donors (Lipinski definition) is 1. The second kappa shape index (κ2) is 6.51. The van der Waals surface area contributed by atoms with Gasteiger partial charge < -0.3 is 5.73 Å². The quantitative estimate of drug-likeness (QED) is 0.868. The summed E-state index contributed by atoms with van der Waals surface area (Å²) < 4.78 is 24.4. The van der Waals surface area contributed by atoms with E-state index in [0.29, 0.717) is 10.7 Å². The first kappa shape index (κ1) is 16.9. The van der Waals surface area contributed by atoms with E-state index >= 15 is 0 Å². The lowest BCUT2D eigenvalue weighted by Gasteiger charge is -2.10. The molecule has 0 atom stereocenters. The van der Waals surface area contributed by atoms with Crippen LogP contribution in [0.25, 0.3) is 11.3 Å². The monoisotopic (exact) mass is 345 g/mol. The number of sulfone groups is 1. The minimum absolute atomic E-state index is 0.332. The van der Waals surface area contributed by atoms with Gasteiger partial charge >= 0.3 is 0 Å². The average Bonchev–Trinajstić information content (AvgIpc) is 3.38. The van der Waals surface area contributed by atoms with E-state index in [-0.39, 0.29) is 0 Å². The van der Waals surface area contributed by atoms with Crippen LogP contribution in [0.5, 0.6) is 0 Å². The molecule has 1 saturated carbocycles. The van der Waals surface area contributed by atoms with Crippen molar-refractivity contribution in [3.8, 4) is 11.3 Å². The molecular formula is C18H23N3O2S. The number of nitrogens with zero attached hydrogens (tertiary/aromatic N) is 2. The van der Waals surface area contributed by atoms with Crippen LogP contribution in [0.4, 0.5) is 5.82 Å². The van der Waals surface area contributed by atoms with Gasteiger partial charge in [0.15, 0.2) is 9.84 Å². The Bertz CT molecular complexity index is 826. The number of rotatable bonds is 6. The Morgan fingerprint density at radius 1 is 1.21 bits per heavy atom. The molecule has 1 heterocycles. The van der Waals surface area contributed by atoms with Crippen molar-refractivity contribution in [3.63, 3.8) is 0 Å². The lowest BCUT2D eigenvalue weighted by Crippen LogP contribution is -2.13. The van der Waals surface area contributed by atoms with Crippen LogP contribution >= 0.6 is 0 Å². The normalized spacial score (nSPS) is 15.0. The van der Waals surface area contributed by atoms with E-state index < -0.39 is 15.1 Å². The van der Waals surface area contributed by atoms with Crippen LogP contribution < -0.4 is 5.73 Å². The van der Waals surface area contributed by atoms with Crippen molar-refractivity contribution in [2.75, 3.05) is 5.73 Å². The molecule has 2 N–H and O–H groups in total. The number of nitrogens with two attached hydrogens (primary N) is 1. The summed E-state index contributed by atoms with van der Waals surface area (Å²) in [5.41, 5.74) is 8.34. The third kappa shape index (κ3) is 3.59. The fourth-order valence-corrected chi connectivity index (χ4v) is 3.65. The SMILES string of the molecule is CC(C)S(=O)(=O)c1ccc(-c2cnc(N)c(CCC3CC3)n2)cc1. The van der Waals surface area contributed by atoms with Crippen LogP contribution in [0.1, 0.15) is 38.8 Å². The molecule has 0 unspecified atom stereocenters. The van der Waals surface area contributed by atoms with Crippen LogP contribution in [0.2, 0.25) is 0 Å². The van der Waals surface area contributed by atoms with Crippen molar-refractivity contribution in [2.24, 2.45) is 5.92 Å². The molecule has 3 rings (SSSR count). The summed E-state index contributed by atoms with van der Waals surface area (Å²) in [7, 11) is -3.26. The van der Waals surface area contributed by atoms with Gasteiger partial charge in [0.25, 0.3) is 0 Å². The fourth-order valence-electron chi connectivity index (χ4n) is 2.59. The minimum Gasteiger partial charge on any atom is -0.382 e. The van der Waals surface area contributed by atoms with Crippen LogP contribution in [0.3, 0.4) is 0 Å². The molecule has 0 amide bonds. The highest BCUT2D eigenvalue weighted by molar-refractivity contribution is 7.92.